The highest BCUT2D eigenvalue weighted by Crippen LogP contribution is 2.47. The Labute approximate surface area is 180 Å². The van der Waals surface area contributed by atoms with Crippen molar-refractivity contribution < 1.29 is 31.1 Å². The van der Waals surface area contributed by atoms with Gasteiger partial charge in [0.15, 0.2) is 0 Å². The summed E-state index contributed by atoms with van der Waals surface area (Å²) in [5, 5.41) is 0. The number of halogens is 6. The van der Waals surface area contributed by atoms with Crippen LogP contribution in [0.2, 0.25) is 0 Å². The Morgan fingerprint density at radius 2 is 1.78 bits per heavy atom. The number of aromatic nitrogens is 1. The SMILES string of the molecule is Cc1cccc(N(C)C(=O)[C@H]2[C@@H]3CC[C@@H](C3)N2c2cc(C(F)(F)F)cc(C(F)(F)F)n2)c1. The molecular weight excluding hydrogens is 436 g/mol. The minimum atomic E-state index is -5.05. The highest BCUT2D eigenvalue weighted by atomic mass is 19.4. The van der Waals surface area contributed by atoms with E-state index in [1.54, 1.807) is 25.2 Å². The van der Waals surface area contributed by atoms with Crippen LogP contribution in [0.25, 0.3) is 0 Å². The molecule has 0 unspecified atom stereocenters. The third kappa shape index (κ3) is 4.02. The van der Waals surface area contributed by atoms with E-state index in [4.69, 9.17) is 0 Å². The van der Waals surface area contributed by atoms with Crippen LogP contribution in [0.4, 0.5) is 37.8 Å². The lowest BCUT2D eigenvalue weighted by molar-refractivity contribution is -0.145. The average Bonchev–Trinajstić information content (AvgIpc) is 3.32. The molecule has 1 saturated heterocycles. The van der Waals surface area contributed by atoms with Crippen LogP contribution >= 0.6 is 0 Å². The maximum Gasteiger partial charge on any atom is 0.433 e. The lowest BCUT2D eigenvalue weighted by atomic mass is 9.97. The normalized spacial score (nSPS) is 23.0. The van der Waals surface area contributed by atoms with Crippen LogP contribution in [0.15, 0.2) is 36.4 Å². The Balaban J connectivity index is 1.76. The van der Waals surface area contributed by atoms with Crippen LogP contribution in [0.3, 0.4) is 0 Å². The molecule has 4 rings (SSSR count). The van der Waals surface area contributed by atoms with E-state index in [0.29, 0.717) is 31.0 Å². The molecule has 0 spiro atoms. The van der Waals surface area contributed by atoms with Crippen LogP contribution in [0.5, 0.6) is 0 Å². The van der Waals surface area contributed by atoms with Crippen molar-refractivity contribution >= 4 is 17.4 Å². The molecule has 1 aliphatic heterocycles. The maximum atomic E-state index is 13.4. The number of rotatable bonds is 3. The zero-order valence-corrected chi connectivity index (χ0v) is 17.3. The number of pyridine rings is 1. The molecule has 2 fully saturated rings. The fourth-order valence-corrected chi connectivity index (χ4v) is 4.75. The van der Waals surface area contributed by atoms with Crippen molar-refractivity contribution in [1.82, 2.24) is 4.98 Å². The second kappa shape index (κ2) is 7.67. The Bertz CT molecular complexity index is 1000. The van der Waals surface area contributed by atoms with Crippen molar-refractivity contribution in [1.29, 1.82) is 0 Å². The van der Waals surface area contributed by atoms with Crippen LogP contribution in [-0.2, 0) is 17.1 Å². The number of benzene rings is 1. The van der Waals surface area contributed by atoms with Gasteiger partial charge in [-0.05, 0) is 61.9 Å². The number of aryl methyl sites for hydroxylation is 1. The maximum absolute atomic E-state index is 13.4. The number of anilines is 2. The van der Waals surface area contributed by atoms with E-state index in [1.165, 1.54) is 9.80 Å². The van der Waals surface area contributed by atoms with E-state index >= 15 is 0 Å². The standard InChI is InChI=1S/C22H21F6N3O/c1-12-4-3-5-15(8-12)30(2)20(32)19-13-6-7-16(9-13)31(19)18-11-14(21(23,24)25)10-17(29-18)22(26,27)28/h3-5,8,10-11,13,16,19H,6-7,9H2,1-2H3/t13-,16+,19-/m1/s1. The number of carbonyl (C=O) groups excluding carboxylic acids is 1. The van der Waals surface area contributed by atoms with E-state index in [-0.39, 0.29) is 23.9 Å². The third-order valence-electron chi connectivity index (χ3n) is 6.25. The van der Waals surface area contributed by atoms with Crippen LogP contribution in [0, 0.1) is 12.8 Å². The molecule has 0 radical (unpaired) electrons. The quantitative estimate of drug-likeness (QED) is 0.576. The summed E-state index contributed by atoms with van der Waals surface area (Å²) in [6.45, 7) is 1.86. The molecule has 1 aliphatic carbocycles. The van der Waals surface area contributed by atoms with Gasteiger partial charge in [0, 0.05) is 18.8 Å². The van der Waals surface area contributed by atoms with Gasteiger partial charge in [-0.3, -0.25) is 4.79 Å². The largest absolute Gasteiger partial charge is 0.433 e. The molecule has 1 saturated carbocycles. The number of amides is 1. The molecule has 2 heterocycles. The molecule has 1 aromatic heterocycles. The zero-order chi connectivity index (χ0) is 23.4. The summed E-state index contributed by atoms with van der Waals surface area (Å²) in [6.07, 6.45) is -8.23. The summed E-state index contributed by atoms with van der Waals surface area (Å²) < 4.78 is 80.1. The monoisotopic (exact) mass is 457 g/mol. The van der Waals surface area contributed by atoms with Gasteiger partial charge in [-0.2, -0.15) is 26.3 Å². The number of hydrogen-bond donors (Lipinski definition) is 0. The van der Waals surface area contributed by atoms with Gasteiger partial charge in [0.25, 0.3) is 0 Å². The van der Waals surface area contributed by atoms with Crippen molar-refractivity contribution in [3.63, 3.8) is 0 Å². The Kier molecular flexibility index (Phi) is 5.37. The molecule has 2 bridgehead atoms. The summed E-state index contributed by atoms with van der Waals surface area (Å²) in [5.74, 6) is -1.00. The first-order valence-corrected chi connectivity index (χ1v) is 10.2. The van der Waals surface area contributed by atoms with Gasteiger partial charge in [-0.15, -0.1) is 0 Å². The number of piperidine rings is 1. The number of fused-ring (bicyclic) bond motifs is 2. The Morgan fingerprint density at radius 3 is 2.41 bits per heavy atom. The van der Waals surface area contributed by atoms with Gasteiger partial charge in [0.1, 0.15) is 17.6 Å². The summed E-state index contributed by atoms with van der Waals surface area (Å²) >= 11 is 0. The first kappa shape index (κ1) is 22.4. The Morgan fingerprint density at radius 1 is 1.06 bits per heavy atom. The summed E-state index contributed by atoms with van der Waals surface area (Å²) in [7, 11) is 1.56. The molecule has 32 heavy (non-hydrogen) atoms. The molecular formula is C22H21F6N3O. The minimum absolute atomic E-state index is 0.00747. The van der Waals surface area contributed by atoms with Crippen molar-refractivity contribution in [3.05, 3.63) is 53.2 Å². The molecule has 1 aromatic carbocycles. The van der Waals surface area contributed by atoms with Crippen LogP contribution in [0.1, 0.15) is 36.1 Å². The van der Waals surface area contributed by atoms with E-state index in [9.17, 15) is 31.1 Å². The minimum Gasteiger partial charge on any atom is -0.341 e. The second-order valence-electron chi connectivity index (χ2n) is 8.41. The van der Waals surface area contributed by atoms with Crippen molar-refractivity contribution in [2.75, 3.05) is 16.8 Å². The zero-order valence-electron chi connectivity index (χ0n) is 17.3. The summed E-state index contributed by atoms with van der Waals surface area (Å²) in [4.78, 5) is 19.7. The second-order valence-corrected chi connectivity index (χ2v) is 8.41. The smallest absolute Gasteiger partial charge is 0.341 e. The van der Waals surface area contributed by atoms with Crippen molar-refractivity contribution in [2.45, 2.75) is 50.6 Å². The number of alkyl halides is 6. The molecule has 2 aromatic rings. The summed E-state index contributed by atoms with van der Waals surface area (Å²) in [6, 6.07) is 6.56. The molecule has 4 nitrogen and oxygen atoms in total. The lowest BCUT2D eigenvalue weighted by Gasteiger charge is -2.37. The number of carbonyl (C=O) groups is 1. The van der Waals surface area contributed by atoms with Gasteiger partial charge in [-0.25, -0.2) is 4.98 Å². The highest BCUT2D eigenvalue weighted by molar-refractivity contribution is 5.99. The third-order valence-corrected chi connectivity index (χ3v) is 6.25. The first-order chi connectivity index (χ1) is 14.9. The van der Waals surface area contributed by atoms with Crippen LogP contribution < -0.4 is 9.80 Å². The molecule has 1 amide bonds. The predicted octanol–water partition coefficient (Wildman–Crippen LogP) is 5.45. The first-order valence-electron chi connectivity index (χ1n) is 10.2. The van der Waals surface area contributed by atoms with E-state index < -0.39 is 35.5 Å². The lowest BCUT2D eigenvalue weighted by Crippen LogP contribution is -2.51. The number of likely N-dealkylation sites (N-methyl/N-ethyl adjacent to an activating group) is 1. The number of hydrogen-bond acceptors (Lipinski definition) is 3. The van der Waals surface area contributed by atoms with Gasteiger partial charge in [0.05, 0.1) is 5.56 Å². The Hall–Kier alpha value is -2.78. The fourth-order valence-electron chi connectivity index (χ4n) is 4.75. The molecule has 2 aliphatic rings. The van der Waals surface area contributed by atoms with Gasteiger partial charge >= 0.3 is 12.4 Å². The fraction of sp³-hybridized carbons (Fsp3) is 0.455. The molecule has 10 heteroatoms. The molecule has 3 atom stereocenters. The van der Waals surface area contributed by atoms with Crippen LogP contribution in [-0.4, -0.2) is 30.0 Å². The average molecular weight is 457 g/mol. The van der Waals surface area contributed by atoms with Crippen molar-refractivity contribution in [3.8, 4) is 0 Å². The van der Waals surface area contributed by atoms with Gasteiger partial charge < -0.3 is 9.80 Å². The van der Waals surface area contributed by atoms with Crippen molar-refractivity contribution in [2.24, 2.45) is 5.92 Å². The van der Waals surface area contributed by atoms with E-state index in [1.807, 2.05) is 13.0 Å². The van der Waals surface area contributed by atoms with Gasteiger partial charge in [-0.1, -0.05) is 12.1 Å². The topological polar surface area (TPSA) is 36.4 Å². The van der Waals surface area contributed by atoms with Gasteiger partial charge in [0.2, 0.25) is 5.91 Å². The summed E-state index contributed by atoms with van der Waals surface area (Å²) in [5.41, 5.74) is -1.54. The molecule has 0 N–H and O–H groups in total. The van der Waals surface area contributed by atoms with E-state index in [0.717, 1.165) is 5.56 Å². The van der Waals surface area contributed by atoms with E-state index in [2.05, 4.69) is 4.98 Å². The molecule has 172 valence electrons. The highest BCUT2D eigenvalue weighted by Gasteiger charge is 2.51. The predicted molar refractivity (Wildman–Crippen MR) is 106 cm³/mol. The number of nitrogens with zero attached hydrogens (tertiary/aromatic N) is 3.